The maximum absolute atomic E-state index is 13.3. The van der Waals surface area contributed by atoms with E-state index in [-0.39, 0.29) is 12.3 Å². The maximum atomic E-state index is 13.3. The molecular formula is C27H23ClN2O3S. The molecule has 7 heteroatoms. The Kier molecular flexibility index (Phi) is 7.40. The number of nitrogens with zero attached hydrogens (tertiary/aromatic N) is 2. The molecule has 34 heavy (non-hydrogen) atoms. The van der Waals surface area contributed by atoms with Crippen molar-refractivity contribution in [2.75, 3.05) is 11.9 Å². The van der Waals surface area contributed by atoms with Crippen molar-refractivity contribution in [3.63, 3.8) is 0 Å². The van der Waals surface area contributed by atoms with Gasteiger partial charge in [-0.15, -0.1) is 11.3 Å². The van der Waals surface area contributed by atoms with Crippen LogP contribution in [0.1, 0.15) is 12.0 Å². The number of carboxylic acid groups (broad SMARTS) is 1. The van der Waals surface area contributed by atoms with E-state index in [0.717, 1.165) is 22.3 Å². The topological polar surface area (TPSA) is 70.5 Å². The molecule has 1 atom stereocenters. The molecule has 1 N–H and O–H groups in total. The molecule has 0 spiro atoms. The zero-order valence-electron chi connectivity index (χ0n) is 18.5. The molecule has 4 rings (SSSR count). The largest absolute Gasteiger partial charge is 0.481 e. The summed E-state index contributed by atoms with van der Waals surface area (Å²) in [5.41, 5.74) is 4.35. The number of hydrogen-bond acceptors (Lipinski definition) is 4. The molecule has 172 valence electrons. The van der Waals surface area contributed by atoms with Gasteiger partial charge in [-0.3, -0.25) is 14.5 Å². The molecule has 3 aromatic carbocycles. The van der Waals surface area contributed by atoms with Crippen LogP contribution in [0.15, 0.2) is 84.2 Å². The molecule has 1 unspecified atom stereocenters. The van der Waals surface area contributed by atoms with Crippen molar-refractivity contribution in [3.05, 3.63) is 94.8 Å². The van der Waals surface area contributed by atoms with Crippen molar-refractivity contribution in [1.29, 1.82) is 0 Å². The zero-order chi connectivity index (χ0) is 24.1. The van der Waals surface area contributed by atoms with E-state index in [1.54, 1.807) is 7.05 Å². The van der Waals surface area contributed by atoms with Crippen LogP contribution in [-0.2, 0) is 16.0 Å². The fraction of sp³-hybridized carbons (Fsp3) is 0.148. The molecule has 4 aromatic rings. The van der Waals surface area contributed by atoms with Gasteiger partial charge in [-0.05, 0) is 29.2 Å². The summed E-state index contributed by atoms with van der Waals surface area (Å²) in [7, 11) is 1.63. The van der Waals surface area contributed by atoms with Crippen LogP contribution in [-0.4, -0.2) is 29.0 Å². The number of carboxylic acids is 1. The lowest BCUT2D eigenvalue weighted by atomic mass is 9.95. The second-order valence-corrected chi connectivity index (χ2v) is 9.17. The number of benzene rings is 3. The smallest absolute Gasteiger partial charge is 0.304 e. The van der Waals surface area contributed by atoms with Gasteiger partial charge in [-0.2, -0.15) is 0 Å². The lowest BCUT2D eigenvalue weighted by Crippen LogP contribution is -2.35. The fourth-order valence-electron chi connectivity index (χ4n) is 3.90. The van der Waals surface area contributed by atoms with Crippen molar-refractivity contribution < 1.29 is 14.7 Å². The number of aromatic nitrogens is 1. The Hall–Kier alpha value is -3.48. The monoisotopic (exact) mass is 490 g/mol. The summed E-state index contributed by atoms with van der Waals surface area (Å²) in [5.74, 6) is -1.99. The second kappa shape index (κ2) is 10.6. The summed E-state index contributed by atoms with van der Waals surface area (Å²) in [6.45, 7) is 0. The molecule has 0 saturated heterocycles. The van der Waals surface area contributed by atoms with Gasteiger partial charge in [-0.25, -0.2) is 4.98 Å². The number of amides is 1. The Morgan fingerprint density at radius 3 is 2.35 bits per heavy atom. The van der Waals surface area contributed by atoms with E-state index < -0.39 is 11.9 Å². The van der Waals surface area contributed by atoms with Crippen LogP contribution < -0.4 is 4.90 Å². The first-order chi connectivity index (χ1) is 16.4. The number of aliphatic carboxylic acids is 1. The van der Waals surface area contributed by atoms with E-state index in [2.05, 4.69) is 0 Å². The third kappa shape index (κ3) is 5.35. The number of carbonyl (C=O) groups is 2. The molecule has 5 nitrogen and oxygen atoms in total. The highest BCUT2D eigenvalue weighted by atomic mass is 35.5. The Morgan fingerprint density at radius 2 is 1.68 bits per heavy atom. The number of carbonyl (C=O) groups excluding carboxylic acids is 1. The standard InChI is InChI=1S/C27H23ClN2O3S/c1-30(26(33)20(16-24(31)32)15-18-9-4-2-5-10-18)27-29-23(17-34-27)25-21(13-8-14-22(25)28)19-11-6-3-7-12-19/h2-14,17,20H,15-16H2,1H3,(H,31,32). The van der Waals surface area contributed by atoms with E-state index in [9.17, 15) is 14.7 Å². The highest BCUT2D eigenvalue weighted by Gasteiger charge is 2.27. The van der Waals surface area contributed by atoms with Crippen molar-refractivity contribution in [1.82, 2.24) is 4.98 Å². The van der Waals surface area contributed by atoms with Gasteiger partial charge in [0.05, 0.1) is 23.1 Å². The van der Waals surface area contributed by atoms with Crippen LogP contribution in [0.2, 0.25) is 5.02 Å². The van der Waals surface area contributed by atoms with Crippen LogP contribution in [0.3, 0.4) is 0 Å². The normalized spacial score (nSPS) is 11.7. The quantitative estimate of drug-likeness (QED) is 0.309. The van der Waals surface area contributed by atoms with Crippen molar-refractivity contribution in [3.8, 4) is 22.4 Å². The van der Waals surface area contributed by atoms with Crippen molar-refractivity contribution in [2.45, 2.75) is 12.8 Å². The molecule has 0 radical (unpaired) electrons. The average molecular weight is 491 g/mol. The van der Waals surface area contributed by atoms with Gasteiger partial charge in [0, 0.05) is 18.0 Å². The first-order valence-electron chi connectivity index (χ1n) is 10.8. The van der Waals surface area contributed by atoms with Gasteiger partial charge in [0.25, 0.3) is 0 Å². The molecule has 0 fully saturated rings. The van der Waals surface area contributed by atoms with E-state index >= 15 is 0 Å². The average Bonchev–Trinajstić information content (AvgIpc) is 3.33. The molecule has 1 heterocycles. The third-order valence-corrected chi connectivity index (χ3v) is 6.79. The SMILES string of the molecule is CN(C(=O)C(CC(=O)O)Cc1ccccc1)c1nc(-c2c(Cl)cccc2-c2ccccc2)cs1. The Balaban J connectivity index is 1.63. The number of thiazole rings is 1. The Bertz CT molecular complexity index is 1290. The van der Waals surface area contributed by atoms with Crippen LogP contribution in [0.4, 0.5) is 5.13 Å². The zero-order valence-corrected chi connectivity index (χ0v) is 20.1. The molecule has 0 bridgehead atoms. The number of rotatable bonds is 8. The Morgan fingerprint density at radius 1 is 1.00 bits per heavy atom. The third-order valence-electron chi connectivity index (χ3n) is 5.56. The number of anilines is 1. The van der Waals surface area contributed by atoms with Gasteiger partial charge in [0.15, 0.2) is 5.13 Å². The highest BCUT2D eigenvalue weighted by Crippen LogP contribution is 2.39. The van der Waals surface area contributed by atoms with Gasteiger partial charge < -0.3 is 5.11 Å². The fourth-order valence-corrected chi connectivity index (χ4v) is 4.96. The molecule has 1 aromatic heterocycles. The van der Waals surface area contributed by atoms with Crippen LogP contribution >= 0.6 is 22.9 Å². The minimum atomic E-state index is -1.01. The summed E-state index contributed by atoms with van der Waals surface area (Å²) in [6, 6.07) is 25.1. The minimum absolute atomic E-state index is 0.251. The number of halogens is 1. The van der Waals surface area contributed by atoms with Crippen LogP contribution in [0.5, 0.6) is 0 Å². The lowest BCUT2D eigenvalue weighted by molar-refractivity contribution is -0.140. The van der Waals surface area contributed by atoms with Crippen LogP contribution in [0, 0.1) is 5.92 Å². The van der Waals surface area contributed by atoms with E-state index in [1.165, 1.54) is 16.2 Å². The van der Waals surface area contributed by atoms with E-state index in [4.69, 9.17) is 16.6 Å². The summed E-state index contributed by atoms with van der Waals surface area (Å²) in [5, 5.41) is 12.3. The first-order valence-corrected chi connectivity index (χ1v) is 12.0. The predicted octanol–water partition coefficient (Wildman–Crippen LogP) is 6.43. The summed E-state index contributed by atoms with van der Waals surface area (Å²) in [6.07, 6.45) is 0.0934. The molecule has 0 aliphatic rings. The molecule has 0 saturated carbocycles. The van der Waals surface area contributed by atoms with Crippen LogP contribution in [0.25, 0.3) is 22.4 Å². The van der Waals surface area contributed by atoms with Gasteiger partial charge in [-0.1, -0.05) is 84.4 Å². The van der Waals surface area contributed by atoms with Crippen molar-refractivity contribution >= 4 is 39.9 Å². The van der Waals surface area contributed by atoms with Gasteiger partial charge in [0.2, 0.25) is 5.91 Å². The molecule has 0 aliphatic carbocycles. The van der Waals surface area contributed by atoms with E-state index in [0.29, 0.717) is 22.3 Å². The van der Waals surface area contributed by atoms with Crippen molar-refractivity contribution in [2.24, 2.45) is 5.92 Å². The minimum Gasteiger partial charge on any atom is -0.481 e. The van der Waals surface area contributed by atoms with E-state index in [1.807, 2.05) is 84.2 Å². The van der Waals surface area contributed by atoms with Gasteiger partial charge >= 0.3 is 5.97 Å². The summed E-state index contributed by atoms with van der Waals surface area (Å²) < 4.78 is 0. The van der Waals surface area contributed by atoms with Gasteiger partial charge in [0.1, 0.15) is 0 Å². The maximum Gasteiger partial charge on any atom is 0.304 e. The summed E-state index contributed by atoms with van der Waals surface area (Å²) in [4.78, 5) is 30.9. The molecule has 0 aliphatic heterocycles. The number of hydrogen-bond donors (Lipinski definition) is 1. The highest BCUT2D eigenvalue weighted by molar-refractivity contribution is 7.14. The second-order valence-electron chi connectivity index (χ2n) is 7.93. The first kappa shape index (κ1) is 23.7. The summed E-state index contributed by atoms with van der Waals surface area (Å²) >= 11 is 7.91. The Labute approximate surface area is 207 Å². The predicted molar refractivity (Wildman–Crippen MR) is 137 cm³/mol. The lowest BCUT2D eigenvalue weighted by Gasteiger charge is -2.21. The molecule has 1 amide bonds. The molecular weight excluding hydrogens is 468 g/mol.